The molecular weight excluding hydrogens is 352 g/mol. The van der Waals surface area contributed by atoms with Gasteiger partial charge in [-0.2, -0.15) is 0 Å². The van der Waals surface area contributed by atoms with Crippen LogP contribution in [0, 0.1) is 0 Å². The van der Waals surface area contributed by atoms with Crippen molar-refractivity contribution in [1.29, 1.82) is 0 Å². The van der Waals surface area contributed by atoms with Gasteiger partial charge in [-0.3, -0.25) is 9.79 Å². The minimum absolute atomic E-state index is 0.0890. The number of sulfone groups is 1. The maximum atomic E-state index is 12.5. The van der Waals surface area contributed by atoms with E-state index in [1.54, 1.807) is 7.05 Å². The number of amides is 1. The van der Waals surface area contributed by atoms with Crippen molar-refractivity contribution in [2.75, 3.05) is 36.5 Å². The zero-order valence-electron chi connectivity index (χ0n) is 15.1. The molecule has 1 amide bonds. The van der Waals surface area contributed by atoms with Gasteiger partial charge >= 0.3 is 0 Å². The molecular formula is C18H26N4O3S. The van der Waals surface area contributed by atoms with Crippen molar-refractivity contribution < 1.29 is 13.2 Å². The first-order chi connectivity index (χ1) is 12.5. The maximum absolute atomic E-state index is 12.5. The summed E-state index contributed by atoms with van der Waals surface area (Å²) in [4.78, 5) is 18.5. The van der Waals surface area contributed by atoms with E-state index in [0.29, 0.717) is 31.8 Å². The van der Waals surface area contributed by atoms with Gasteiger partial charge in [-0.05, 0) is 30.9 Å². The summed E-state index contributed by atoms with van der Waals surface area (Å²) in [5.41, 5.74) is 2.26. The lowest BCUT2D eigenvalue weighted by Gasteiger charge is -2.18. The second kappa shape index (κ2) is 8.07. The van der Waals surface area contributed by atoms with Gasteiger partial charge in [0.05, 0.1) is 11.5 Å². The fraction of sp³-hybridized carbons (Fsp3) is 0.556. The number of benzene rings is 1. The molecule has 3 rings (SSSR count). The molecule has 1 atom stereocenters. The highest BCUT2D eigenvalue weighted by atomic mass is 32.2. The van der Waals surface area contributed by atoms with Gasteiger partial charge in [-0.15, -0.1) is 0 Å². The summed E-state index contributed by atoms with van der Waals surface area (Å²) < 4.78 is 23.0. The van der Waals surface area contributed by atoms with Crippen LogP contribution in [0.4, 0.5) is 5.69 Å². The average molecular weight is 378 g/mol. The van der Waals surface area contributed by atoms with Crippen LogP contribution in [0.15, 0.2) is 29.3 Å². The number of aliphatic imine (C=N–C) groups is 1. The molecule has 2 aliphatic rings. The van der Waals surface area contributed by atoms with Crippen LogP contribution in [0.2, 0.25) is 0 Å². The lowest BCUT2D eigenvalue weighted by molar-refractivity contribution is -0.118. The van der Waals surface area contributed by atoms with E-state index in [9.17, 15) is 13.2 Å². The highest BCUT2D eigenvalue weighted by Gasteiger charge is 2.28. The quantitative estimate of drug-likeness (QED) is 0.447. The highest BCUT2D eigenvalue weighted by Crippen LogP contribution is 2.27. The number of nitrogens with zero attached hydrogens (tertiary/aromatic N) is 2. The molecule has 1 unspecified atom stereocenters. The minimum Gasteiger partial charge on any atom is -0.356 e. The third-order valence-electron chi connectivity index (χ3n) is 4.84. The Kier molecular flexibility index (Phi) is 5.80. The number of rotatable bonds is 5. The van der Waals surface area contributed by atoms with E-state index >= 15 is 0 Å². The number of carbonyl (C=O) groups is 1. The molecule has 0 spiro atoms. The molecule has 2 aliphatic heterocycles. The van der Waals surface area contributed by atoms with Gasteiger partial charge in [0.1, 0.15) is 0 Å². The number of fused-ring (bicyclic) bond motifs is 1. The summed E-state index contributed by atoms with van der Waals surface area (Å²) in [6, 6.07) is 7.95. The number of anilines is 1. The predicted molar refractivity (Wildman–Crippen MR) is 103 cm³/mol. The fourth-order valence-corrected chi connectivity index (χ4v) is 5.15. The lowest BCUT2D eigenvalue weighted by atomic mass is 10.2. The van der Waals surface area contributed by atoms with Crippen molar-refractivity contribution >= 4 is 27.4 Å². The van der Waals surface area contributed by atoms with Crippen LogP contribution in [0.25, 0.3) is 0 Å². The molecule has 1 fully saturated rings. The van der Waals surface area contributed by atoms with Gasteiger partial charge in [0.25, 0.3) is 0 Å². The molecule has 7 nitrogen and oxygen atoms in total. The van der Waals surface area contributed by atoms with E-state index in [1.165, 1.54) is 5.56 Å². The molecule has 0 bridgehead atoms. The first-order valence-electron chi connectivity index (χ1n) is 9.04. The maximum Gasteiger partial charge on any atom is 0.227 e. The summed E-state index contributed by atoms with van der Waals surface area (Å²) in [5.74, 6) is 1.11. The van der Waals surface area contributed by atoms with Gasteiger partial charge in [0, 0.05) is 38.3 Å². The third-order valence-corrected chi connectivity index (χ3v) is 6.61. The van der Waals surface area contributed by atoms with Crippen LogP contribution in [0.5, 0.6) is 0 Å². The lowest BCUT2D eigenvalue weighted by Crippen LogP contribution is -2.44. The molecule has 1 aromatic carbocycles. The van der Waals surface area contributed by atoms with Crippen LogP contribution >= 0.6 is 0 Å². The van der Waals surface area contributed by atoms with Crippen LogP contribution in [-0.4, -0.2) is 58.0 Å². The number of nitrogens with one attached hydrogen (secondary N) is 2. The SMILES string of the molecule is CN=C(NCCCC(=O)N1CCc2ccccc21)NC1CCS(=O)(=O)C1. The number of guanidine groups is 1. The molecule has 0 radical (unpaired) electrons. The van der Waals surface area contributed by atoms with Crippen molar-refractivity contribution in [3.8, 4) is 0 Å². The Balaban J connectivity index is 1.40. The zero-order chi connectivity index (χ0) is 18.6. The number of hydrogen-bond donors (Lipinski definition) is 2. The van der Waals surface area contributed by atoms with E-state index < -0.39 is 9.84 Å². The normalized spacial score (nSPS) is 21.5. The predicted octanol–water partition coefficient (Wildman–Crippen LogP) is 0.708. The van der Waals surface area contributed by atoms with E-state index in [1.807, 2.05) is 23.1 Å². The van der Waals surface area contributed by atoms with Crippen molar-refractivity contribution in [3.63, 3.8) is 0 Å². The number of carbonyl (C=O) groups excluding carboxylic acids is 1. The van der Waals surface area contributed by atoms with Crippen LogP contribution in [-0.2, 0) is 21.1 Å². The number of para-hydroxylation sites is 1. The van der Waals surface area contributed by atoms with Gasteiger partial charge in [0.2, 0.25) is 5.91 Å². The molecule has 8 heteroatoms. The Morgan fingerprint density at radius 1 is 1.35 bits per heavy atom. The molecule has 26 heavy (non-hydrogen) atoms. The average Bonchev–Trinajstić information content (AvgIpc) is 3.20. The molecule has 2 heterocycles. The van der Waals surface area contributed by atoms with E-state index in [2.05, 4.69) is 21.7 Å². The zero-order valence-corrected chi connectivity index (χ0v) is 15.9. The van der Waals surface area contributed by atoms with Crippen molar-refractivity contribution in [3.05, 3.63) is 29.8 Å². The summed E-state index contributed by atoms with van der Waals surface area (Å²) >= 11 is 0. The van der Waals surface area contributed by atoms with Crippen LogP contribution in [0.3, 0.4) is 0 Å². The first kappa shape index (κ1) is 18.7. The van der Waals surface area contributed by atoms with Crippen molar-refractivity contribution in [2.24, 2.45) is 4.99 Å². The van der Waals surface area contributed by atoms with Gasteiger partial charge in [0.15, 0.2) is 15.8 Å². The Hall–Kier alpha value is -2.09. The molecule has 0 saturated carbocycles. The van der Waals surface area contributed by atoms with Crippen LogP contribution < -0.4 is 15.5 Å². The topological polar surface area (TPSA) is 90.9 Å². The third kappa shape index (κ3) is 4.55. The summed E-state index contributed by atoms with van der Waals surface area (Å²) in [6.07, 6.45) is 2.69. The van der Waals surface area contributed by atoms with Crippen molar-refractivity contribution in [2.45, 2.75) is 31.7 Å². The van der Waals surface area contributed by atoms with Crippen molar-refractivity contribution in [1.82, 2.24) is 10.6 Å². The standard InChI is InChI=1S/C18H26N4O3S/c1-19-18(21-15-9-12-26(24,25)13-15)20-10-4-7-17(23)22-11-8-14-5-2-3-6-16(14)22/h2-3,5-6,15H,4,7-13H2,1H3,(H2,19,20,21). The van der Waals surface area contributed by atoms with E-state index in [0.717, 1.165) is 18.7 Å². The molecule has 2 N–H and O–H groups in total. The second-order valence-electron chi connectivity index (χ2n) is 6.77. The summed E-state index contributed by atoms with van der Waals surface area (Å²) in [6.45, 7) is 1.37. The molecule has 0 aliphatic carbocycles. The van der Waals surface area contributed by atoms with Gasteiger partial charge in [-0.1, -0.05) is 18.2 Å². The number of hydrogen-bond acceptors (Lipinski definition) is 4. The Bertz CT molecular complexity index is 791. The smallest absolute Gasteiger partial charge is 0.227 e. The van der Waals surface area contributed by atoms with E-state index in [4.69, 9.17) is 0 Å². The Morgan fingerprint density at radius 3 is 2.88 bits per heavy atom. The summed E-state index contributed by atoms with van der Waals surface area (Å²) in [7, 11) is -1.26. The second-order valence-corrected chi connectivity index (χ2v) is 9.00. The Morgan fingerprint density at radius 2 is 2.15 bits per heavy atom. The first-order valence-corrected chi connectivity index (χ1v) is 10.9. The summed E-state index contributed by atoms with van der Waals surface area (Å²) in [5, 5.41) is 6.30. The van der Waals surface area contributed by atoms with E-state index in [-0.39, 0.29) is 23.5 Å². The largest absolute Gasteiger partial charge is 0.356 e. The molecule has 142 valence electrons. The minimum atomic E-state index is -2.92. The van der Waals surface area contributed by atoms with Gasteiger partial charge in [-0.25, -0.2) is 8.42 Å². The molecule has 1 saturated heterocycles. The molecule has 0 aromatic heterocycles. The monoisotopic (exact) mass is 378 g/mol. The van der Waals surface area contributed by atoms with Gasteiger partial charge < -0.3 is 15.5 Å². The highest BCUT2D eigenvalue weighted by molar-refractivity contribution is 7.91. The Labute approximate surface area is 154 Å². The fourth-order valence-electron chi connectivity index (χ4n) is 3.48. The molecule has 1 aromatic rings. The van der Waals surface area contributed by atoms with Crippen LogP contribution in [0.1, 0.15) is 24.8 Å².